The first-order valence-corrected chi connectivity index (χ1v) is 7.42. The van der Waals surface area contributed by atoms with Gasteiger partial charge >= 0.3 is 0 Å². The summed E-state index contributed by atoms with van der Waals surface area (Å²) in [4.78, 5) is 23.7. The molecule has 0 aliphatic heterocycles. The minimum atomic E-state index is -0.245. The maximum Gasteiger partial charge on any atom is 0.253 e. The van der Waals surface area contributed by atoms with E-state index in [0.29, 0.717) is 17.1 Å². The van der Waals surface area contributed by atoms with Crippen LogP contribution in [0.2, 0.25) is 5.02 Å². The van der Waals surface area contributed by atoms with Crippen molar-refractivity contribution in [1.82, 2.24) is 10.6 Å². The van der Waals surface area contributed by atoms with E-state index in [1.165, 1.54) is 0 Å². The summed E-state index contributed by atoms with van der Waals surface area (Å²) in [5.41, 5.74) is 1.21. The predicted molar refractivity (Wildman–Crippen MR) is 85.8 cm³/mol. The Bertz CT molecular complexity index is 504. The van der Waals surface area contributed by atoms with Crippen LogP contribution in [0.5, 0.6) is 0 Å². The molecule has 0 aliphatic rings. The molecule has 0 saturated heterocycles. The van der Waals surface area contributed by atoms with Gasteiger partial charge in [0.1, 0.15) is 0 Å². The monoisotopic (exact) mass is 311 g/mol. The van der Waals surface area contributed by atoms with Gasteiger partial charge in [0.15, 0.2) is 0 Å². The summed E-state index contributed by atoms with van der Waals surface area (Å²) in [7, 11) is 0. The van der Waals surface area contributed by atoms with Gasteiger partial charge in [-0.05, 0) is 39.0 Å². The molecule has 21 heavy (non-hydrogen) atoms. The standard InChI is InChI=1S/C15H22ClN3O2/c1-4-17-13-6-5-11(16)9-12(13)15(21)18-8-7-14(20)19-10(2)3/h5-6,9-10,17H,4,7-8H2,1-3H3,(H,18,21)(H,19,20). The zero-order valence-corrected chi connectivity index (χ0v) is 13.4. The summed E-state index contributed by atoms with van der Waals surface area (Å²) in [5, 5.41) is 9.11. The molecule has 0 saturated carbocycles. The lowest BCUT2D eigenvalue weighted by atomic mass is 10.1. The van der Waals surface area contributed by atoms with Crippen molar-refractivity contribution >= 4 is 29.1 Å². The van der Waals surface area contributed by atoms with Crippen molar-refractivity contribution in [2.45, 2.75) is 33.2 Å². The quantitative estimate of drug-likeness (QED) is 0.724. The number of carbonyl (C=O) groups is 2. The second kappa shape index (κ2) is 8.52. The number of hydrogen-bond acceptors (Lipinski definition) is 3. The average molecular weight is 312 g/mol. The molecule has 0 unspecified atom stereocenters. The first kappa shape index (κ1) is 17.3. The van der Waals surface area contributed by atoms with Crippen LogP contribution in [0, 0.1) is 0 Å². The summed E-state index contributed by atoms with van der Waals surface area (Å²) in [6.07, 6.45) is 0.251. The fraction of sp³-hybridized carbons (Fsp3) is 0.467. The van der Waals surface area contributed by atoms with Gasteiger partial charge in [-0.25, -0.2) is 0 Å². The van der Waals surface area contributed by atoms with Crippen LogP contribution in [-0.2, 0) is 4.79 Å². The lowest BCUT2D eigenvalue weighted by Crippen LogP contribution is -2.34. The third-order valence-electron chi connectivity index (χ3n) is 2.68. The van der Waals surface area contributed by atoms with Gasteiger partial charge in [-0.15, -0.1) is 0 Å². The van der Waals surface area contributed by atoms with Gasteiger partial charge in [-0.1, -0.05) is 11.6 Å². The number of nitrogens with one attached hydrogen (secondary N) is 3. The highest BCUT2D eigenvalue weighted by Gasteiger charge is 2.12. The molecule has 0 radical (unpaired) electrons. The van der Waals surface area contributed by atoms with Gasteiger partial charge in [-0.2, -0.15) is 0 Å². The largest absolute Gasteiger partial charge is 0.385 e. The number of hydrogen-bond donors (Lipinski definition) is 3. The van der Waals surface area contributed by atoms with Gasteiger partial charge in [0, 0.05) is 36.3 Å². The lowest BCUT2D eigenvalue weighted by Gasteiger charge is -2.12. The molecule has 0 heterocycles. The van der Waals surface area contributed by atoms with Gasteiger partial charge in [0.25, 0.3) is 5.91 Å². The molecule has 1 aromatic rings. The molecule has 0 atom stereocenters. The maximum atomic E-state index is 12.2. The number of rotatable bonds is 7. The van der Waals surface area contributed by atoms with Crippen molar-refractivity contribution in [2.24, 2.45) is 0 Å². The van der Waals surface area contributed by atoms with Crippen LogP contribution in [0.4, 0.5) is 5.69 Å². The van der Waals surface area contributed by atoms with E-state index >= 15 is 0 Å². The van der Waals surface area contributed by atoms with E-state index in [2.05, 4.69) is 16.0 Å². The van der Waals surface area contributed by atoms with E-state index in [1.807, 2.05) is 20.8 Å². The Hall–Kier alpha value is -1.75. The molecule has 2 amide bonds. The van der Waals surface area contributed by atoms with Crippen molar-refractivity contribution in [2.75, 3.05) is 18.4 Å². The molecule has 0 aromatic heterocycles. The zero-order valence-electron chi connectivity index (χ0n) is 12.6. The predicted octanol–water partition coefficient (Wildman–Crippen LogP) is 2.42. The Morgan fingerprint density at radius 3 is 2.62 bits per heavy atom. The van der Waals surface area contributed by atoms with E-state index in [-0.39, 0.29) is 30.8 Å². The van der Waals surface area contributed by atoms with Crippen LogP contribution in [0.25, 0.3) is 0 Å². The number of benzene rings is 1. The first-order valence-electron chi connectivity index (χ1n) is 7.05. The SMILES string of the molecule is CCNc1ccc(Cl)cc1C(=O)NCCC(=O)NC(C)C. The number of carbonyl (C=O) groups excluding carboxylic acids is 2. The number of halogens is 1. The van der Waals surface area contributed by atoms with Crippen molar-refractivity contribution in [3.05, 3.63) is 28.8 Å². The van der Waals surface area contributed by atoms with Gasteiger partial charge < -0.3 is 16.0 Å². The van der Waals surface area contributed by atoms with Crippen LogP contribution in [0.15, 0.2) is 18.2 Å². The van der Waals surface area contributed by atoms with Crippen LogP contribution in [-0.4, -0.2) is 30.9 Å². The van der Waals surface area contributed by atoms with Gasteiger partial charge in [0.2, 0.25) is 5.91 Å². The summed E-state index contributed by atoms with van der Waals surface area (Å²) >= 11 is 5.93. The van der Waals surface area contributed by atoms with Gasteiger partial charge in [0.05, 0.1) is 5.56 Å². The van der Waals surface area contributed by atoms with Crippen molar-refractivity contribution in [3.8, 4) is 0 Å². The molecule has 116 valence electrons. The summed E-state index contributed by atoms with van der Waals surface area (Å²) < 4.78 is 0. The molecule has 6 heteroatoms. The topological polar surface area (TPSA) is 70.2 Å². The minimum absolute atomic E-state index is 0.0803. The Morgan fingerprint density at radius 2 is 2.00 bits per heavy atom. The van der Waals surface area contributed by atoms with Crippen molar-refractivity contribution in [3.63, 3.8) is 0 Å². The lowest BCUT2D eigenvalue weighted by molar-refractivity contribution is -0.121. The fourth-order valence-electron chi connectivity index (χ4n) is 1.83. The summed E-state index contributed by atoms with van der Waals surface area (Å²) in [6, 6.07) is 5.21. The molecular weight excluding hydrogens is 290 g/mol. The Morgan fingerprint density at radius 1 is 1.29 bits per heavy atom. The molecular formula is C15H22ClN3O2. The summed E-state index contributed by atoms with van der Waals surface area (Å²) in [5.74, 6) is -0.325. The van der Waals surface area contributed by atoms with Crippen LogP contribution >= 0.6 is 11.6 Å². The minimum Gasteiger partial charge on any atom is -0.385 e. The highest BCUT2D eigenvalue weighted by molar-refractivity contribution is 6.31. The second-order valence-electron chi connectivity index (χ2n) is 4.95. The normalized spacial score (nSPS) is 10.3. The van der Waals surface area contributed by atoms with E-state index in [9.17, 15) is 9.59 Å². The Balaban J connectivity index is 2.59. The fourth-order valence-corrected chi connectivity index (χ4v) is 2.00. The van der Waals surface area contributed by atoms with Crippen molar-refractivity contribution in [1.29, 1.82) is 0 Å². The molecule has 5 nitrogen and oxygen atoms in total. The third-order valence-corrected chi connectivity index (χ3v) is 2.92. The molecule has 1 aromatic carbocycles. The zero-order chi connectivity index (χ0) is 15.8. The average Bonchev–Trinajstić information content (AvgIpc) is 2.40. The Kier molecular flexibility index (Phi) is 7.02. The highest BCUT2D eigenvalue weighted by atomic mass is 35.5. The smallest absolute Gasteiger partial charge is 0.253 e. The second-order valence-corrected chi connectivity index (χ2v) is 5.38. The Labute approximate surface area is 130 Å². The molecule has 1 rings (SSSR count). The van der Waals surface area contributed by atoms with Gasteiger partial charge in [-0.3, -0.25) is 9.59 Å². The third kappa shape index (κ3) is 6.04. The molecule has 0 spiro atoms. The highest BCUT2D eigenvalue weighted by Crippen LogP contribution is 2.20. The summed E-state index contributed by atoms with van der Waals surface area (Å²) in [6.45, 7) is 6.73. The number of anilines is 1. The van der Waals surface area contributed by atoms with Crippen LogP contribution < -0.4 is 16.0 Å². The van der Waals surface area contributed by atoms with Crippen LogP contribution in [0.3, 0.4) is 0 Å². The maximum absolute atomic E-state index is 12.2. The molecule has 0 aliphatic carbocycles. The molecule has 3 N–H and O–H groups in total. The van der Waals surface area contributed by atoms with E-state index < -0.39 is 0 Å². The number of amides is 2. The van der Waals surface area contributed by atoms with E-state index in [0.717, 1.165) is 5.69 Å². The molecule has 0 bridgehead atoms. The molecule has 0 fully saturated rings. The van der Waals surface area contributed by atoms with Crippen molar-refractivity contribution < 1.29 is 9.59 Å². The van der Waals surface area contributed by atoms with E-state index in [4.69, 9.17) is 11.6 Å². The van der Waals surface area contributed by atoms with Crippen LogP contribution in [0.1, 0.15) is 37.6 Å². The first-order chi connectivity index (χ1) is 9.93. The van der Waals surface area contributed by atoms with E-state index in [1.54, 1.807) is 18.2 Å².